The number of nitriles is 1. The topological polar surface area (TPSA) is 47.3 Å². The maximum absolute atomic E-state index is 13.7. The zero-order valence-electron chi connectivity index (χ0n) is 12.1. The van der Waals surface area contributed by atoms with E-state index in [9.17, 15) is 13.6 Å². The van der Waals surface area contributed by atoms with Gasteiger partial charge in [-0.1, -0.05) is 6.07 Å². The maximum atomic E-state index is 13.7. The molecule has 0 radical (unpaired) electrons. The Kier molecular flexibility index (Phi) is 4.24. The summed E-state index contributed by atoms with van der Waals surface area (Å²) in [5, 5.41) is 9.10. The van der Waals surface area contributed by atoms with Crippen molar-refractivity contribution in [1.29, 1.82) is 5.26 Å². The molecule has 1 aromatic rings. The number of amides is 1. The van der Waals surface area contributed by atoms with Crippen LogP contribution in [0.4, 0.5) is 8.78 Å². The third-order valence-corrected chi connectivity index (χ3v) is 3.81. The van der Waals surface area contributed by atoms with Gasteiger partial charge in [-0.25, -0.2) is 8.78 Å². The number of nitrogens with zero attached hydrogens (tertiary/aromatic N) is 3. The van der Waals surface area contributed by atoms with Gasteiger partial charge in [-0.15, -0.1) is 0 Å². The van der Waals surface area contributed by atoms with E-state index in [-0.39, 0.29) is 5.56 Å². The summed E-state index contributed by atoms with van der Waals surface area (Å²) < 4.78 is 26.8. The summed E-state index contributed by atoms with van der Waals surface area (Å²) in [6.45, 7) is 5.47. The van der Waals surface area contributed by atoms with Gasteiger partial charge in [0.1, 0.15) is 5.54 Å². The Hall–Kier alpha value is -2.00. The number of carbonyl (C=O) groups is 1. The van der Waals surface area contributed by atoms with Crippen LogP contribution < -0.4 is 0 Å². The van der Waals surface area contributed by atoms with E-state index in [4.69, 9.17) is 5.26 Å². The maximum Gasteiger partial charge on any atom is 0.257 e. The number of halogens is 2. The van der Waals surface area contributed by atoms with Crippen molar-refractivity contribution in [2.24, 2.45) is 0 Å². The van der Waals surface area contributed by atoms with Crippen molar-refractivity contribution in [3.05, 3.63) is 35.4 Å². The van der Waals surface area contributed by atoms with Crippen LogP contribution in [-0.2, 0) is 0 Å². The van der Waals surface area contributed by atoms with Crippen LogP contribution in [0.15, 0.2) is 18.2 Å². The fraction of sp³-hybridized carbons (Fsp3) is 0.467. The fourth-order valence-corrected chi connectivity index (χ4v) is 2.38. The predicted octanol–water partition coefficient (Wildman–Crippen LogP) is 2.02. The molecule has 1 amide bonds. The van der Waals surface area contributed by atoms with Crippen molar-refractivity contribution in [2.45, 2.75) is 19.4 Å². The highest BCUT2D eigenvalue weighted by molar-refractivity contribution is 5.94. The fourth-order valence-electron chi connectivity index (χ4n) is 2.38. The van der Waals surface area contributed by atoms with E-state index in [0.717, 1.165) is 6.07 Å². The van der Waals surface area contributed by atoms with E-state index >= 15 is 0 Å². The molecule has 1 fully saturated rings. The normalized spacial score (nSPS) is 16.6. The molecule has 0 aromatic heterocycles. The average molecular weight is 293 g/mol. The summed E-state index contributed by atoms with van der Waals surface area (Å²) in [6.07, 6.45) is 0. The van der Waals surface area contributed by atoms with Crippen molar-refractivity contribution in [1.82, 2.24) is 9.80 Å². The van der Waals surface area contributed by atoms with Crippen LogP contribution in [0, 0.1) is 23.0 Å². The molecule has 1 heterocycles. The highest BCUT2D eigenvalue weighted by atomic mass is 19.2. The Labute approximate surface area is 122 Å². The van der Waals surface area contributed by atoms with E-state index in [1.807, 2.05) is 18.7 Å². The lowest BCUT2D eigenvalue weighted by Gasteiger charge is -2.40. The SMILES string of the molecule is CC(C)(C#N)N1CCN(C(=O)c2cccc(F)c2F)CC1. The Morgan fingerprint density at radius 1 is 1.24 bits per heavy atom. The summed E-state index contributed by atoms with van der Waals surface area (Å²) in [5.74, 6) is -2.64. The molecule has 0 aliphatic carbocycles. The molecule has 0 unspecified atom stereocenters. The van der Waals surface area contributed by atoms with Gasteiger partial charge in [0, 0.05) is 26.2 Å². The van der Waals surface area contributed by atoms with E-state index in [1.165, 1.54) is 17.0 Å². The van der Waals surface area contributed by atoms with Gasteiger partial charge in [0.25, 0.3) is 5.91 Å². The van der Waals surface area contributed by atoms with Gasteiger partial charge < -0.3 is 4.90 Å². The predicted molar refractivity (Wildman–Crippen MR) is 73.5 cm³/mol. The smallest absolute Gasteiger partial charge is 0.257 e. The monoisotopic (exact) mass is 293 g/mol. The van der Waals surface area contributed by atoms with E-state index < -0.39 is 23.1 Å². The lowest BCUT2D eigenvalue weighted by molar-refractivity contribution is 0.0516. The number of hydrogen-bond acceptors (Lipinski definition) is 3. The Morgan fingerprint density at radius 2 is 1.86 bits per heavy atom. The van der Waals surface area contributed by atoms with Crippen LogP contribution >= 0.6 is 0 Å². The molecule has 6 heteroatoms. The molecular weight excluding hydrogens is 276 g/mol. The third kappa shape index (κ3) is 3.03. The number of benzene rings is 1. The second-order valence-electron chi connectivity index (χ2n) is 5.55. The van der Waals surface area contributed by atoms with E-state index in [0.29, 0.717) is 26.2 Å². The first kappa shape index (κ1) is 15.4. The molecule has 2 rings (SSSR count). The first-order chi connectivity index (χ1) is 9.86. The quantitative estimate of drug-likeness (QED) is 0.838. The number of carbonyl (C=O) groups excluding carboxylic acids is 1. The molecule has 1 saturated heterocycles. The van der Waals surface area contributed by atoms with Gasteiger partial charge in [-0.3, -0.25) is 9.69 Å². The molecule has 0 N–H and O–H groups in total. The molecule has 112 valence electrons. The third-order valence-electron chi connectivity index (χ3n) is 3.81. The molecule has 1 aliphatic rings. The zero-order chi connectivity index (χ0) is 15.6. The van der Waals surface area contributed by atoms with Crippen molar-refractivity contribution in [3.8, 4) is 6.07 Å². The Morgan fingerprint density at radius 3 is 2.43 bits per heavy atom. The van der Waals surface area contributed by atoms with Gasteiger partial charge in [0.15, 0.2) is 11.6 Å². The van der Waals surface area contributed by atoms with E-state index in [2.05, 4.69) is 6.07 Å². The molecule has 0 atom stereocenters. The van der Waals surface area contributed by atoms with E-state index in [1.54, 1.807) is 0 Å². The summed E-state index contributed by atoms with van der Waals surface area (Å²) >= 11 is 0. The molecule has 0 bridgehead atoms. The van der Waals surface area contributed by atoms with Crippen molar-refractivity contribution >= 4 is 5.91 Å². The van der Waals surface area contributed by atoms with Crippen LogP contribution in [0.3, 0.4) is 0 Å². The molecule has 0 spiro atoms. The minimum Gasteiger partial charge on any atom is -0.336 e. The summed E-state index contributed by atoms with van der Waals surface area (Å²) in [6, 6.07) is 5.81. The van der Waals surface area contributed by atoms with Crippen LogP contribution in [-0.4, -0.2) is 47.4 Å². The summed E-state index contributed by atoms with van der Waals surface area (Å²) in [4.78, 5) is 15.7. The lowest BCUT2D eigenvalue weighted by atomic mass is 10.0. The van der Waals surface area contributed by atoms with Gasteiger partial charge in [-0.05, 0) is 26.0 Å². The first-order valence-corrected chi connectivity index (χ1v) is 6.76. The minimum atomic E-state index is -1.11. The highest BCUT2D eigenvalue weighted by Gasteiger charge is 2.32. The van der Waals surface area contributed by atoms with Crippen LogP contribution in [0.1, 0.15) is 24.2 Å². The van der Waals surface area contributed by atoms with Gasteiger partial charge in [0.2, 0.25) is 0 Å². The summed E-state index contributed by atoms with van der Waals surface area (Å²) in [7, 11) is 0. The van der Waals surface area contributed by atoms with Gasteiger partial charge in [0.05, 0.1) is 11.6 Å². The molecule has 0 saturated carbocycles. The average Bonchev–Trinajstić information content (AvgIpc) is 2.49. The Bertz CT molecular complexity index is 587. The molecular formula is C15H17F2N3O. The number of rotatable bonds is 2. The molecule has 1 aliphatic heterocycles. The van der Waals surface area contributed by atoms with Crippen LogP contribution in [0.5, 0.6) is 0 Å². The first-order valence-electron chi connectivity index (χ1n) is 6.76. The lowest BCUT2D eigenvalue weighted by Crippen LogP contribution is -2.55. The largest absolute Gasteiger partial charge is 0.336 e. The number of piperazine rings is 1. The number of hydrogen-bond donors (Lipinski definition) is 0. The molecule has 1 aromatic carbocycles. The minimum absolute atomic E-state index is 0.247. The molecule has 21 heavy (non-hydrogen) atoms. The summed E-state index contributed by atoms with van der Waals surface area (Å²) in [5.41, 5.74) is -0.845. The second kappa shape index (κ2) is 5.78. The van der Waals surface area contributed by atoms with Gasteiger partial charge >= 0.3 is 0 Å². The Balaban J connectivity index is 2.08. The van der Waals surface area contributed by atoms with Crippen LogP contribution in [0.25, 0.3) is 0 Å². The molecule has 4 nitrogen and oxygen atoms in total. The standard InChI is InChI=1S/C15H17F2N3O/c1-15(2,10-18)20-8-6-19(7-9-20)14(21)11-4-3-5-12(16)13(11)17/h3-5H,6-9H2,1-2H3. The van der Waals surface area contributed by atoms with Crippen molar-refractivity contribution in [2.75, 3.05) is 26.2 Å². The van der Waals surface area contributed by atoms with Gasteiger partial charge in [-0.2, -0.15) is 5.26 Å². The highest BCUT2D eigenvalue weighted by Crippen LogP contribution is 2.19. The zero-order valence-corrected chi connectivity index (χ0v) is 12.1. The van der Waals surface area contributed by atoms with Crippen LogP contribution in [0.2, 0.25) is 0 Å². The van der Waals surface area contributed by atoms with Crippen molar-refractivity contribution in [3.63, 3.8) is 0 Å². The second-order valence-corrected chi connectivity index (χ2v) is 5.55. The van der Waals surface area contributed by atoms with Crippen molar-refractivity contribution < 1.29 is 13.6 Å².